The van der Waals surface area contributed by atoms with Gasteiger partial charge in [0.15, 0.2) is 7.41 Å². The molecule has 3 aromatic carbocycles. The highest BCUT2D eigenvalue weighted by Gasteiger charge is 2.47. The number of nitrogens with one attached hydrogen (secondary N) is 1. The van der Waals surface area contributed by atoms with Crippen LogP contribution in [-0.4, -0.2) is 6.04 Å². The molecule has 1 saturated carbocycles. The molecule has 0 heterocycles. The number of hydrogen-bond acceptors (Lipinski definition) is 1. The average molecular weight is 360 g/mol. The second kappa shape index (κ2) is 8.16. The van der Waals surface area contributed by atoms with E-state index in [4.69, 9.17) is 0 Å². The van der Waals surface area contributed by atoms with E-state index < -0.39 is 7.41 Å². The molecule has 1 aliphatic rings. The Balaban J connectivity index is 1.90. The molecule has 0 unspecified atom stereocenters. The lowest BCUT2D eigenvalue weighted by molar-refractivity contribution is 0.421. The van der Waals surface area contributed by atoms with Gasteiger partial charge in [0.05, 0.1) is 0 Å². The number of benzene rings is 3. The van der Waals surface area contributed by atoms with Crippen molar-refractivity contribution in [2.45, 2.75) is 38.1 Å². The molecule has 2 heteroatoms. The third-order valence-corrected chi connectivity index (χ3v) is 9.38. The first kappa shape index (κ1) is 17.5. The highest BCUT2D eigenvalue weighted by molar-refractivity contribution is 7.94. The van der Waals surface area contributed by atoms with Gasteiger partial charge in [-0.25, -0.2) is 0 Å². The predicted molar refractivity (Wildman–Crippen MR) is 115 cm³/mol. The van der Waals surface area contributed by atoms with Crippen LogP contribution in [0, 0.1) is 0 Å². The van der Waals surface area contributed by atoms with Crippen molar-refractivity contribution in [1.29, 1.82) is 0 Å². The summed E-state index contributed by atoms with van der Waals surface area (Å²) in [6.45, 7) is 0. The Morgan fingerprint density at radius 2 is 0.923 bits per heavy atom. The molecule has 26 heavy (non-hydrogen) atoms. The van der Waals surface area contributed by atoms with E-state index in [1.807, 2.05) is 0 Å². The lowest BCUT2D eigenvalue weighted by atomic mass is 9.96. The van der Waals surface area contributed by atoms with E-state index in [1.165, 1.54) is 48.0 Å². The fraction of sp³-hybridized carbons (Fsp3) is 0.250. The fourth-order valence-corrected chi connectivity index (χ4v) is 8.14. The van der Waals surface area contributed by atoms with Gasteiger partial charge in [-0.3, -0.25) is 0 Å². The summed E-state index contributed by atoms with van der Waals surface area (Å²) in [5.74, 6) is 0. The monoisotopic (exact) mass is 360 g/mol. The molecular formula is C24H27NP+. The molecule has 0 bridgehead atoms. The normalized spacial score (nSPS) is 15.7. The lowest BCUT2D eigenvalue weighted by Gasteiger charge is -2.33. The van der Waals surface area contributed by atoms with Gasteiger partial charge in [-0.15, -0.1) is 0 Å². The third-order valence-electron chi connectivity index (χ3n) is 5.41. The van der Waals surface area contributed by atoms with Gasteiger partial charge in [0.2, 0.25) is 0 Å². The van der Waals surface area contributed by atoms with Crippen molar-refractivity contribution < 1.29 is 0 Å². The standard InChI is InChI=1S/C24H27NP/c1-5-13-21(14-6-1)25-26(22-15-7-2-8-16-22,23-17-9-3-10-18-23)24-19-11-4-12-20-24/h2-4,7-12,15-21,25H,1,5-6,13-14H2/q+1. The average Bonchev–Trinajstić information content (AvgIpc) is 2.75. The topological polar surface area (TPSA) is 12.0 Å². The van der Waals surface area contributed by atoms with Crippen LogP contribution in [0.2, 0.25) is 0 Å². The van der Waals surface area contributed by atoms with Crippen LogP contribution in [0.15, 0.2) is 91.0 Å². The minimum absolute atomic E-state index is 0.595. The SMILES string of the molecule is c1ccc([P+](NC2CCCCC2)(c2ccccc2)c2ccccc2)cc1. The maximum atomic E-state index is 4.23. The van der Waals surface area contributed by atoms with Crippen LogP contribution in [-0.2, 0) is 0 Å². The zero-order chi connectivity index (χ0) is 17.7. The molecule has 4 rings (SSSR count). The molecule has 0 saturated heterocycles. The predicted octanol–water partition coefficient (Wildman–Crippen LogP) is 4.82. The van der Waals surface area contributed by atoms with Gasteiger partial charge in [0, 0.05) is 6.04 Å². The van der Waals surface area contributed by atoms with E-state index in [-0.39, 0.29) is 0 Å². The summed E-state index contributed by atoms with van der Waals surface area (Å²) >= 11 is 0. The zero-order valence-electron chi connectivity index (χ0n) is 15.2. The Morgan fingerprint density at radius 1 is 0.538 bits per heavy atom. The minimum atomic E-state index is -1.87. The molecule has 0 aromatic heterocycles. The summed E-state index contributed by atoms with van der Waals surface area (Å²) in [5, 5.41) is 8.49. The smallest absolute Gasteiger partial charge is 0.175 e. The third kappa shape index (κ3) is 3.47. The van der Waals surface area contributed by atoms with Crippen molar-refractivity contribution in [3.63, 3.8) is 0 Å². The Kier molecular flexibility index (Phi) is 5.48. The molecule has 0 atom stereocenters. The summed E-state index contributed by atoms with van der Waals surface area (Å²) in [7, 11) is -1.87. The molecule has 0 amide bonds. The van der Waals surface area contributed by atoms with E-state index in [9.17, 15) is 0 Å². The van der Waals surface area contributed by atoms with Gasteiger partial charge in [-0.1, -0.05) is 73.9 Å². The molecule has 1 aliphatic carbocycles. The minimum Gasteiger partial charge on any atom is -0.175 e. The largest absolute Gasteiger partial charge is 0.178 e. The van der Waals surface area contributed by atoms with Crippen LogP contribution in [0.4, 0.5) is 0 Å². The van der Waals surface area contributed by atoms with Gasteiger partial charge in [-0.2, -0.15) is 5.09 Å². The molecule has 0 spiro atoms. The van der Waals surface area contributed by atoms with E-state index in [1.54, 1.807) is 0 Å². The number of rotatable bonds is 5. The quantitative estimate of drug-likeness (QED) is 0.644. The van der Waals surface area contributed by atoms with Crippen LogP contribution in [0.25, 0.3) is 0 Å². The maximum absolute atomic E-state index is 4.23. The van der Waals surface area contributed by atoms with Crippen molar-refractivity contribution in [3.05, 3.63) is 91.0 Å². The van der Waals surface area contributed by atoms with Gasteiger partial charge >= 0.3 is 0 Å². The van der Waals surface area contributed by atoms with Gasteiger partial charge in [-0.05, 0) is 49.2 Å². The first-order valence-corrected chi connectivity index (χ1v) is 11.5. The van der Waals surface area contributed by atoms with Crippen LogP contribution in [0.1, 0.15) is 32.1 Å². The maximum Gasteiger partial charge on any atom is 0.178 e. The van der Waals surface area contributed by atoms with E-state index in [0.717, 1.165) is 0 Å². The Labute approximate surface area is 157 Å². The molecule has 1 nitrogen and oxygen atoms in total. The highest BCUT2D eigenvalue weighted by Crippen LogP contribution is 2.52. The van der Waals surface area contributed by atoms with Gasteiger partial charge in [0.25, 0.3) is 0 Å². The molecule has 0 aliphatic heterocycles. The molecule has 132 valence electrons. The second-order valence-corrected chi connectivity index (χ2v) is 10.3. The van der Waals surface area contributed by atoms with Crippen LogP contribution < -0.4 is 21.0 Å². The summed E-state index contributed by atoms with van der Waals surface area (Å²) in [6, 6.07) is 33.9. The Bertz CT molecular complexity index is 699. The summed E-state index contributed by atoms with van der Waals surface area (Å²) in [5.41, 5.74) is 0. The Hall–Kier alpha value is -1.95. The summed E-state index contributed by atoms with van der Waals surface area (Å²) in [4.78, 5) is 0. The molecule has 1 N–H and O–H groups in total. The highest BCUT2D eigenvalue weighted by atomic mass is 31.2. The fourth-order valence-electron chi connectivity index (χ4n) is 4.13. The second-order valence-electron chi connectivity index (χ2n) is 7.14. The number of hydrogen-bond donors (Lipinski definition) is 1. The Morgan fingerprint density at radius 3 is 1.31 bits per heavy atom. The van der Waals surface area contributed by atoms with Crippen molar-refractivity contribution in [3.8, 4) is 0 Å². The lowest BCUT2D eigenvalue weighted by Crippen LogP contribution is -2.45. The van der Waals surface area contributed by atoms with E-state index in [2.05, 4.69) is 96.1 Å². The first-order valence-electron chi connectivity index (χ1n) is 9.73. The zero-order valence-corrected chi connectivity index (χ0v) is 16.1. The molecule has 3 aromatic rings. The van der Waals surface area contributed by atoms with Crippen molar-refractivity contribution in [2.24, 2.45) is 0 Å². The van der Waals surface area contributed by atoms with Gasteiger partial charge < -0.3 is 0 Å². The first-order chi connectivity index (χ1) is 12.9. The summed E-state index contributed by atoms with van der Waals surface area (Å²) in [6.07, 6.45) is 6.64. The van der Waals surface area contributed by atoms with Crippen molar-refractivity contribution in [2.75, 3.05) is 0 Å². The molecule has 1 fully saturated rings. The van der Waals surface area contributed by atoms with E-state index in [0.29, 0.717) is 6.04 Å². The van der Waals surface area contributed by atoms with Crippen LogP contribution >= 0.6 is 7.41 Å². The van der Waals surface area contributed by atoms with Crippen molar-refractivity contribution in [1.82, 2.24) is 5.09 Å². The van der Waals surface area contributed by atoms with Crippen LogP contribution in [0.3, 0.4) is 0 Å². The molecule has 0 radical (unpaired) electrons. The summed E-state index contributed by atoms with van der Waals surface area (Å²) < 4.78 is 0. The molecular weight excluding hydrogens is 333 g/mol. The van der Waals surface area contributed by atoms with E-state index >= 15 is 0 Å². The van der Waals surface area contributed by atoms with Gasteiger partial charge in [0.1, 0.15) is 15.9 Å². The van der Waals surface area contributed by atoms with Crippen molar-refractivity contribution >= 4 is 23.3 Å². The van der Waals surface area contributed by atoms with Crippen LogP contribution in [0.5, 0.6) is 0 Å².